The second-order valence-corrected chi connectivity index (χ2v) is 10.8. The van der Waals surface area contributed by atoms with Gasteiger partial charge in [0.25, 0.3) is 10.0 Å². The molecule has 3 rings (SSSR count). The summed E-state index contributed by atoms with van der Waals surface area (Å²) in [5, 5.41) is 28.9. The summed E-state index contributed by atoms with van der Waals surface area (Å²) in [4.78, 5) is 15.3. The summed E-state index contributed by atoms with van der Waals surface area (Å²) in [6.07, 6.45) is -2.55. The van der Waals surface area contributed by atoms with Crippen LogP contribution in [0.2, 0.25) is 0 Å². The normalized spacial score (nSPS) is 13.6. The van der Waals surface area contributed by atoms with Gasteiger partial charge >= 0.3 is 5.97 Å². The van der Waals surface area contributed by atoms with E-state index in [0.717, 1.165) is 5.56 Å². The fourth-order valence-electron chi connectivity index (χ4n) is 4.10. The van der Waals surface area contributed by atoms with Gasteiger partial charge in [0.15, 0.2) is 0 Å². The van der Waals surface area contributed by atoms with Gasteiger partial charge in [-0.05, 0) is 62.9 Å². The number of carbonyl (C=O) groups is 1. The molecule has 0 bridgehead atoms. The van der Waals surface area contributed by atoms with Crippen LogP contribution in [0.4, 0.5) is 4.39 Å². The van der Waals surface area contributed by atoms with Gasteiger partial charge in [-0.2, -0.15) is 0 Å². The first kappa shape index (κ1) is 28.5. The number of sulfonamides is 1. The van der Waals surface area contributed by atoms with Crippen LogP contribution in [0, 0.1) is 5.82 Å². The highest BCUT2D eigenvalue weighted by Crippen LogP contribution is 2.31. The smallest absolute Gasteiger partial charge is 0.305 e. The SMILES string of the molecule is CC(C)n1c(S(=O)(=O)NCc2ccccc2)nc(-c2ccc(F)cc2)c1CCC(O)CC(O)CC(=O)O. The van der Waals surface area contributed by atoms with Crippen molar-refractivity contribution in [2.24, 2.45) is 0 Å². The molecule has 0 aliphatic carbocycles. The summed E-state index contributed by atoms with van der Waals surface area (Å²) in [6, 6.07) is 14.2. The van der Waals surface area contributed by atoms with Crippen molar-refractivity contribution in [3.8, 4) is 11.3 Å². The number of nitrogens with one attached hydrogen (secondary N) is 1. The largest absolute Gasteiger partial charge is 0.481 e. The monoisotopic (exact) mass is 533 g/mol. The van der Waals surface area contributed by atoms with Crippen LogP contribution in [-0.2, 0) is 27.8 Å². The Kier molecular flexibility index (Phi) is 9.55. The van der Waals surface area contributed by atoms with E-state index in [1.165, 1.54) is 24.3 Å². The van der Waals surface area contributed by atoms with E-state index >= 15 is 0 Å². The van der Waals surface area contributed by atoms with Gasteiger partial charge in [-0.25, -0.2) is 22.5 Å². The molecule has 200 valence electrons. The number of imidazole rings is 1. The molecule has 0 aliphatic rings. The quantitative estimate of drug-likeness (QED) is 0.264. The zero-order chi connectivity index (χ0) is 27.2. The topological polar surface area (TPSA) is 142 Å². The summed E-state index contributed by atoms with van der Waals surface area (Å²) in [5.41, 5.74) is 2.15. The van der Waals surface area contributed by atoms with E-state index in [1.54, 1.807) is 16.7 Å². The number of aliphatic carboxylic acids is 1. The average molecular weight is 534 g/mol. The minimum absolute atomic E-state index is 0.0650. The van der Waals surface area contributed by atoms with Crippen LogP contribution in [0.3, 0.4) is 0 Å². The predicted octanol–water partition coefficient (Wildman–Crippen LogP) is 3.27. The lowest BCUT2D eigenvalue weighted by Crippen LogP contribution is -2.27. The lowest BCUT2D eigenvalue weighted by atomic mass is 10.0. The lowest BCUT2D eigenvalue weighted by Gasteiger charge is -2.19. The molecule has 0 spiro atoms. The zero-order valence-electron chi connectivity index (χ0n) is 20.7. The molecule has 11 heteroatoms. The summed E-state index contributed by atoms with van der Waals surface area (Å²) >= 11 is 0. The Balaban J connectivity index is 1.97. The zero-order valence-corrected chi connectivity index (χ0v) is 21.5. The molecule has 0 saturated carbocycles. The number of aliphatic hydroxyl groups excluding tert-OH is 2. The molecule has 3 aromatic rings. The molecule has 2 unspecified atom stereocenters. The number of nitrogens with zero attached hydrogens (tertiary/aromatic N) is 2. The van der Waals surface area contributed by atoms with Gasteiger partial charge in [-0.1, -0.05) is 30.3 Å². The predicted molar refractivity (Wildman–Crippen MR) is 136 cm³/mol. The Labute approximate surface area is 215 Å². The van der Waals surface area contributed by atoms with Crippen molar-refractivity contribution >= 4 is 16.0 Å². The molecule has 0 radical (unpaired) electrons. The number of benzene rings is 2. The van der Waals surface area contributed by atoms with E-state index in [2.05, 4.69) is 9.71 Å². The number of rotatable bonds is 13. The molecule has 37 heavy (non-hydrogen) atoms. The van der Waals surface area contributed by atoms with Crippen LogP contribution in [0.25, 0.3) is 11.3 Å². The third kappa shape index (κ3) is 7.68. The van der Waals surface area contributed by atoms with Gasteiger partial charge in [-0.3, -0.25) is 4.79 Å². The van der Waals surface area contributed by atoms with E-state index in [0.29, 0.717) is 17.0 Å². The molecule has 0 fully saturated rings. The van der Waals surface area contributed by atoms with Crippen molar-refractivity contribution < 1.29 is 32.9 Å². The summed E-state index contributed by atoms with van der Waals surface area (Å²) in [6.45, 7) is 3.68. The number of hydrogen-bond donors (Lipinski definition) is 4. The van der Waals surface area contributed by atoms with Gasteiger partial charge in [0.2, 0.25) is 5.16 Å². The van der Waals surface area contributed by atoms with Crippen LogP contribution in [0.1, 0.15) is 50.4 Å². The first-order valence-corrected chi connectivity index (χ1v) is 13.4. The van der Waals surface area contributed by atoms with Gasteiger partial charge in [0.1, 0.15) is 5.82 Å². The van der Waals surface area contributed by atoms with E-state index in [-0.39, 0.29) is 37.0 Å². The fraction of sp³-hybridized carbons (Fsp3) is 0.385. The molecule has 0 saturated heterocycles. The van der Waals surface area contributed by atoms with Crippen LogP contribution in [0.5, 0.6) is 0 Å². The number of halogens is 1. The summed E-state index contributed by atoms with van der Waals surface area (Å²) < 4.78 is 44.5. The van der Waals surface area contributed by atoms with Crippen LogP contribution < -0.4 is 4.72 Å². The number of aromatic nitrogens is 2. The van der Waals surface area contributed by atoms with Crippen molar-refractivity contribution in [2.45, 2.75) is 69.5 Å². The van der Waals surface area contributed by atoms with Crippen molar-refractivity contribution in [3.63, 3.8) is 0 Å². The minimum atomic E-state index is -4.06. The van der Waals surface area contributed by atoms with Crippen molar-refractivity contribution in [1.29, 1.82) is 0 Å². The molecule has 1 aromatic heterocycles. The Bertz CT molecular complexity index is 1290. The molecule has 0 aliphatic heterocycles. The third-order valence-electron chi connectivity index (χ3n) is 5.83. The molecular weight excluding hydrogens is 501 g/mol. The van der Waals surface area contributed by atoms with Gasteiger partial charge in [-0.15, -0.1) is 0 Å². The molecule has 2 atom stereocenters. The fourth-order valence-corrected chi connectivity index (χ4v) is 5.38. The molecule has 9 nitrogen and oxygen atoms in total. The van der Waals surface area contributed by atoms with Crippen LogP contribution in [0.15, 0.2) is 59.8 Å². The highest BCUT2D eigenvalue weighted by Gasteiger charge is 2.29. The highest BCUT2D eigenvalue weighted by molar-refractivity contribution is 7.89. The Morgan fingerprint density at radius 1 is 1.05 bits per heavy atom. The third-order valence-corrected chi connectivity index (χ3v) is 7.12. The number of aliphatic hydroxyl groups is 2. The molecule has 4 N–H and O–H groups in total. The average Bonchev–Trinajstić information content (AvgIpc) is 3.23. The molecule has 1 heterocycles. The number of carboxylic acid groups (broad SMARTS) is 1. The van der Waals surface area contributed by atoms with E-state index in [1.807, 2.05) is 32.0 Å². The Morgan fingerprint density at radius 2 is 1.70 bits per heavy atom. The Hall–Kier alpha value is -3.12. The summed E-state index contributed by atoms with van der Waals surface area (Å²) in [7, 11) is -4.06. The van der Waals surface area contributed by atoms with Crippen LogP contribution >= 0.6 is 0 Å². The highest BCUT2D eigenvalue weighted by atomic mass is 32.2. The maximum atomic E-state index is 13.6. The summed E-state index contributed by atoms with van der Waals surface area (Å²) in [5.74, 6) is -1.62. The van der Waals surface area contributed by atoms with E-state index in [4.69, 9.17) is 5.11 Å². The minimum Gasteiger partial charge on any atom is -0.481 e. The second-order valence-electron chi connectivity index (χ2n) is 9.15. The molecular formula is C26H32FN3O6S. The van der Waals surface area contributed by atoms with Crippen molar-refractivity contribution in [1.82, 2.24) is 14.3 Å². The Morgan fingerprint density at radius 3 is 2.30 bits per heavy atom. The van der Waals surface area contributed by atoms with Crippen LogP contribution in [-0.4, -0.2) is 51.5 Å². The van der Waals surface area contributed by atoms with Gasteiger partial charge in [0, 0.05) is 23.8 Å². The number of carboxylic acids is 1. The maximum Gasteiger partial charge on any atom is 0.305 e. The maximum absolute atomic E-state index is 13.6. The lowest BCUT2D eigenvalue weighted by molar-refractivity contribution is -0.139. The van der Waals surface area contributed by atoms with Gasteiger partial charge < -0.3 is 19.9 Å². The van der Waals surface area contributed by atoms with E-state index in [9.17, 15) is 27.8 Å². The first-order chi connectivity index (χ1) is 17.5. The second kappa shape index (κ2) is 12.4. The standard InChI is InChI=1S/C26H32FN3O6S/c1-17(2)30-23(13-12-21(31)14-22(32)15-24(33)34)25(19-8-10-20(27)11-9-19)29-26(30)37(35,36)28-16-18-6-4-3-5-7-18/h3-11,17,21-22,28,31-32H,12-16H2,1-2H3,(H,33,34). The van der Waals surface area contributed by atoms with Crippen molar-refractivity contribution in [2.75, 3.05) is 0 Å². The molecule has 0 amide bonds. The van der Waals surface area contributed by atoms with Crippen molar-refractivity contribution in [3.05, 3.63) is 71.7 Å². The number of hydrogen-bond acceptors (Lipinski definition) is 6. The van der Waals surface area contributed by atoms with Gasteiger partial charge in [0.05, 0.1) is 24.3 Å². The first-order valence-electron chi connectivity index (χ1n) is 12.0. The molecule has 2 aromatic carbocycles. The van der Waals surface area contributed by atoms with E-state index < -0.39 is 40.4 Å².